The van der Waals surface area contributed by atoms with Gasteiger partial charge in [-0.3, -0.25) is 4.79 Å². The lowest BCUT2D eigenvalue weighted by Crippen LogP contribution is -2.24. The van der Waals surface area contributed by atoms with Gasteiger partial charge >= 0.3 is 0 Å². The van der Waals surface area contributed by atoms with Gasteiger partial charge in [0.15, 0.2) is 0 Å². The topological polar surface area (TPSA) is 64.3 Å². The van der Waals surface area contributed by atoms with Crippen LogP contribution in [0.3, 0.4) is 0 Å². The molecule has 0 spiro atoms. The standard InChI is InChI=1S/C15H24N2O2/c1-3-13(16)10-12-6-5-7-14(11-12)19-9-8-15(18)17-4-2/h5-7,11,13H,3-4,8-10,16H2,1-2H3,(H,17,18). The molecule has 0 aliphatic heterocycles. The van der Waals surface area contributed by atoms with Crippen LogP contribution in [0, 0.1) is 0 Å². The van der Waals surface area contributed by atoms with Crippen LogP contribution in [0.15, 0.2) is 24.3 Å². The Morgan fingerprint density at radius 3 is 2.89 bits per heavy atom. The molecule has 0 aromatic heterocycles. The van der Waals surface area contributed by atoms with E-state index in [0.717, 1.165) is 18.6 Å². The molecule has 1 amide bonds. The zero-order chi connectivity index (χ0) is 14.1. The average molecular weight is 264 g/mol. The fourth-order valence-electron chi connectivity index (χ4n) is 1.76. The second kappa shape index (κ2) is 8.53. The highest BCUT2D eigenvalue weighted by molar-refractivity contribution is 5.75. The molecule has 0 radical (unpaired) electrons. The van der Waals surface area contributed by atoms with E-state index in [1.165, 1.54) is 5.56 Å². The van der Waals surface area contributed by atoms with Crippen molar-refractivity contribution < 1.29 is 9.53 Å². The molecule has 1 unspecified atom stereocenters. The van der Waals surface area contributed by atoms with Gasteiger partial charge < -0.3 is 15.8 Å². The molecule has 4 heteroatoms. The van der Waals surface area contributed by atoms with Crippen LogP contribution in [-0.4, -0.2) is 25.1 Å². The Labute approximate surface area is 115 Å². The first-order chi connectivity index (χ1) is 9.15. The van der Waals surface area contributed by atoms with Gasteiger partial charge in [0.1, 0.15) is 5.75 Å². The van der Waals surface area contributed by atoms with E-state index in [2.05, 4.69) is 12.2 Å². The van der Waals surface area contributed by atoms with Gasteiger partial charge in [0.25, 0.3) is 0 Å². The molecular formula is C15H24N2O2. The molecule has 0 heterocycles. The van der Waals surface area contributed by atoms with Crippen LogP contribution in [0.4, 0.5) is 0 Å². The molecule has 0 aliphatic carbocycles. The van der Waals surface area contributed by atoms with Crippen LogP contribution in [-0.2, 0) is 11.2 Å². The third-order valence-corrected chi connectivity index (χ3v) is 2.89. The first-order valence-corrected chi connectivity index (χ1v) is 6.89. The van der Waals surface area contributed by atoms with Crippen molar-refractivity contribution in [2.24, 2.45) is 5.73 Å². The molecule has 0 saturated heterocycles. The summed E-state index contributed by atoms with van der Waals surface area (Å²) in [5, 5.41) is 2.74. The van der Waals surface area contributed by atoms with Crippen molar-refractivity contribution in [3.05, 3.63) is 29.8 Å². The summed E-state index contributed by atoms with van der Waals surface area (Å²) in [7, 11) is 0. The molecule has 0 bridgehead atoms. The van der Waals surface area contributed by atoms with E-state index in [1.807, 2.05) is 31.2 Å². The van der Waals surface area contributed by atoms with Crippen LogP contribution in [0.5, 0.6) is 5.75 Å². The van der Waals surface area contributed by atoms with E-state index in [0.29, 0.717) is 19.6 Å². The van der Waals surface area contributed by atoms with Gasteiger partial charge in [-0.1, -0.05) is 19.1 Å². The van der Waals surface area contributed by atoms with E-state index < -0.39 is 0 Å². The number of hydrogen-bond donors (Lipinski definition) is 2. The minimum absolute atomic E-state index is 0.0201. The number of hydrogen-bond acceptors (Lipinski definition) is 3. The minimum atomic E-state index is 0.0201. The summed E-state index contributed by atoms with van der Waals surface area (Å²) in [4.78, 5) is 11.3. The molecule has 0 aliphatic rings. The largest absolute Gasteiger partial charge is 0.493 e. The van der Waals surface area contributed by atoms with E-state index >= 15 is 0 Å². The van der Waals surface area contributed by atoms with E-state index in [9.17, 15) is 4.79 Å². The predicted molar refractivity (Wildman–Crippen MR) is 77.2 cm³/mol. The van der Waals surface area contributed by atoms with Crippen molar-refractivity contribution in [2.45, 2.75) is 39.2 Å². The molecule has 1 atom stereocenters. The Balaban J connectivity index is 2.41. The van der Waals surface area contributed by atoms with E-state index in [1.54, 1.807) is 0 Å². The summed E-state index contributed by atoms with van der Waals surface area (Å²) in [6.45, 7) is 5.04. The third-order valence-electron chi connectivity index (χ3n) is 2.89. The fraction of sp³-hybridized carbons (Fsp3) is 0.533. The monoisotopic (exact) mass is 264 g/mol. The molecule has 1 rings (SSSR count). The Morgan fingerprint density at radius 2 is 2.21 bits per heavy atom. The maximum Gasteiger partial charge on any atom is 0.223 e. The first-order valence-electron chi connectivity index (χ1n) is 6.89. The van der Waals surface area contributed by atoms with Gasteiger partial charge in [-0.15, -0.1) is 0 Å². The lowest BCUT2D eigenvalue weighted by atomic mass is 10.0. The minimum Gasteiger partial charge on any atom is -0.493 e. The van der Waals surface area contributed by atoms with Crippen LogP contribution in [0.1, 0.15) is 32.3 Å². The number of ether oxygens (including phenoxy) is 1. The van der Waals surface area contributed by atoms with Gasteiger partial charge in [-0.2, -0.15) is 0 Å². The first kappa shape index (κ1) is 15.5. The van der Waals surface area contributed by atoms with E-state index in [4.69, 9.17) is 10.5 Å². The lowest BCUT2D eigenvalue weighted by molar-refractivity contribution is -0.121. The summed E-state index contributed by atoms with van der Waals surface area (Å²) in [5.41, 5.74) is 7.11. The number of carbonyl (C=O) groups excluding carboxylic acids is 1. The quantitative estimate of drug-likeness (QED) is 0.753. The zero-order valence-electron chi connectivity index (χ0n) is 11.8. The number of rotatable bonds is 8. The smallest absolute Gasteiger partial charge is 0.223 e. The molecule has 106 valence electrons. The van der Waals surface area contributed by atoms with Crippen molar-refractivity contribution in [2.75, 3.05) is 13.2 Å². The molecule has 1 aromatic carbocycles. The molecule has 19 heavy (non-hydrogen) atoms. The third kappa shape index (κ3) is 6.25. The van der Waals surface area contributed by atoms with Crippen molar-refractivity contribution in [3.8, 4) is 5.75 Å². The summed E-state index contributed by atoms with van der Waals surface area (Å²) < 4.78 is 5.58. The highest BCUT2D eigenvalue weighted by Crippen LogP contribution is 2.15. The van der Waals surface area contributed by atoms with Gasteiger partial charge in [0.2, 0.25) is 5.91 Å². The Kier molecular flexibility index (Phi) is 6.97. The molecule has 0 fully saturated rings. The maximum absolute atomic E-state index is 11.3. The fourth-order valence-corrected chi connectivity index (χ4v) is 1.76. The van der Waals surface area contributed by atoms with Gasteiger partial charge in [0, 0.05) is 12.6 Å². The second-order valence-corrected chi connectivity index (χ2v) is 4.57. The van der Waals surface area contributed by atoms with Gasteiger partial charge in [-0.25, -0.2) is 0 Å². The number of nitrogens with one attached hydrogen (secondary N) is 1. The van der Waals surface area contributed by atoms with Gasteiger partial charge in [-0.05, 0) is 37.5 Å². The lowest BCUT2D eigenvalue weighted by Gasteiger charge is -2.11. The molecule has 4 nitrogen and oxygen atoms in total. The second-order valence-electron chi connectivity index (χ2n) is 4.57. The van der Waals surface area contributed by atoms with Crippen LogP contribution >= 0.6 is 0 Å². The Hall–Kier alpha value is -1.55. The predicted octanol–water partition coefficient (Wildman–Crippen LogP) is 1.87. The molecule has 0 saturated carbocycles. The highest BCUT2D eigenvalue weighted by Gasteiger charge is 2.04. The van der Waals surface area contributed by atoms with Gasteiger partial charge in [0.05, 0.1) is 13.0 Å². The van der Waals surface area contributed by atoms with E-state index in [-0.39, 0.29) is 11.9 Å². The summed E-state index contributed by atoms with van der Waals surface area (Å²) in [5.74, 6) is 0.816. The molecular weight excluding hydrogens is 240 g/mol. The SMILES string of the molecule is CCNC(=O)CCOc1cccc(CC(N)CC)c1. The Bertz CT molecular complexity index is 393. The maximum atomic E-state index is 11.3. The van der Waals surface area contributed by atoms with Crippen molar-refractivity contribution in [1.82, 2.24) is 5.32 Å². The molecule has 3 N–H and O–H groups in total. The summed E-state index contributed by atoms with van der Waals surface area (Å²) in [6, 6.07) is 8.09. The van der Waals surface area contributed by atoms with Crippen molar-refractivity contribution in [3.63, 3.8) is 0 Å². The van der Waals surface area contributed by atoms with Crippen LogP contribution in [0.25, 0.3) is 0 Å². The van der Waals surface area contributed by atoms with Crippen molar-refractivity contribution in [1.29, 1.82) is 0 Å². The highest BCUT2D eigenvalue weighted by atomic mass is 16.5. The number of benzene rings is 1. The Morgan fingerprint density at radius 1 is 1.42 bits per heavy atom. The summed E-state index contributed by atoms with van der Waals surface area (Å²) >= 11 is 0. The number of nitrogens with two attached hydrogens (primary N) is 1. The normalized spacial score (nSPS) is 11.9. The zero-order valence-corrected chi connectivity index (χ0v) is 11.8. The van der Waals surface area contributed by atoms with Crippen molar-refractivity contribution >= 4 is 5.91 Å². The number of amides is 1. The van der Waals surface area contributed by atoms with Crippen LogP contribution < -0.4 is 15.8 Å². The molecule has 1 aromatic rings. The number of carbonyl (C=O) groups is 1. The van der Waals surface area contributed by atoms with Crippen LogP contribution in [0.2, 0.25) is 0 Å². The average Bonchev–Trinajstić information content (AvgIpc) is 2.39. The summed E-state index contributed by atoms with van der Waals surface area (Å²) in [6.07, 6.45) is 2.19.